The first-order valence-electron chi connectivity index (χ1n) is 6.20. The molecule has 0 spiro atoms. The Kier molecular flexibility index (Phi) is 3.99. The van der Waals surface area contributed by atoms with E-state index < -0.39 is 0 Å². The molecule has 98 valence electrons. The Morgan fingerprint density at radius 1 is 1.50 bits per heavy atom. The Bertz CT molecular complexity index is 445. The predicted molar refractivity (Wildman–Crippen MR) is 69.0 cm³/mol. The molecule has 1 fully saturated rings. The largest absolute Gasteiger partial charge is 0.497 e. The zero-order chi connectivity index (χ0) is 13.1. The SMILES string of the molecule is COc1ccc(C(=O)C2CCC(CN)O2)c(C)c1. The van der Waals surface area contributed by atoms with Crippen LogP contribution >= 0.6 is 0 Å². The minimum Gasteiger partial charge on any atom is -0.497 e. The maximum absolute atomic E-state index is 12.3. The van der Waals surface area contributed by atoms with Crippen LogP contribution in [0.2, 0.25) is 0 Å². The highest BCUT2D eigenvalue weighted by Gasteiger charge is 2.31. The average molecular weight is 249 g/mol. The normalized spacial score (nSPS) is 23.1. The van der Waals surface area contributed by atoms with Gasteiger partial charge < -0.3 is 15.2 Å². The van der Waals surface area contributed by atoms with Gasteiger partial charge in [0.15, 0.2) is 5.78 Å². The van der Waals surface area contributed by atoms with E-state index in [1.165, 1.54) is 0 Å². The predicted octanol–water partition coefficient (Wildman–Crippen LogP) is 1.69. The maximum atomic E-state index is 12.3. The summed E-state index contributed by atoms with van der Waals surface area (Å²) in [7, 11) is 1.61. The molecule has 18 heavy (non-hydrogen) atoms. The molecular weight excluding hydrogens is 230 g/mol. The van der Waals surface area contributed by atoms with Crippen LogP contribution in [0.4, 0.5) is 0 Å². The smallest absolute Gasteiger partial charge is 0.191 e. The summed E-state index contributed by atoms with van der Waals surface area (Å²) in [5.74, 6) is 0.808. The van der Waals surface area contributed by atoms with E-state index in [1.807, 2.05) is 13.0 Å². The van der Waals surface area contributed by atoms with E-state index >= 15 is 0 Å². The van der Waals surface area contributed by atoms with Gasteiger partial charge in [0, 0.05) is 12.1 Å². The van der Waals surface area contributed by atoms with E-state index in [0.29, 0.717) is 12.1 Å². The Morgan fingerprint density at radius 3 is 2.83 bits per heavy atom. The molecule has 2 N–H and O–H groups in total. The fourth-order valence-corrected chi connectivity index (χ4v) is 2.28. The molecule has 2 unspecified atom stereocenters. The zero-order valence-corrected chi connectivity index (χ0v) is 10.8. The lowest BCUT2D eigenvalue weighted by Gasteiger charge is -2.13. The van der Waals surface area contributed by atoms with E-state index in [1.54, 1.807) is 19.2 Å². The van der Waals surface area contributed by atoms with Crippen molar-refractivity contribution < 1.29 is 14.3 Å². The van der Waals surface area contributed by atoms with Crippen molar-refractivity contribution >= 4 is 5.78 Å². The van der Waals surface area contributed by atoms with Gasteiger partial charge in [-0.1, -0.05) is 0 Å². The number of carbonyl (C=O) groups excluding carboxylic acids is 1. The van der Waals surface area contributed by atoms with Gasteiger partial charge in [0.1, 0.15) is 11.9 Å². The van der Waals surface area contributed by atoms with Crippen molar-refractivity contribution in [1.82, 2.24) is 0 Å². The van der Waals surface area contributed by atoms with Gasteiger partial charge in [-0.2, -0.15) is 0 Å². The average Bonchev–Trinajstić information content (AvgIpc) is 2.86. The van der Waals surface area contributed by atoms with Gasteiger partial charge in [0.2, 0.25) is 0 Å². The molecule has 1 saturated heterocycles. The van der Waals surface area contributed by atoms with Crippen molar-refractivity contribution in [3.63, 3.8) is 0 Å². The highest BCUT2D eigenvalue weighted by Crippen LogP contribution is 2.25. The number of benzene rings is 1. The van der Waals surface area contributed by atoms with Crippen LogP contribution in [-0.2, 0) is 4.74 Å². The van der Waals surface area contributed by atoms with Gasteiger partial charge in [0.25, 0.3) is 0 Å². The van der Waals surface area contributed by atoms with E-state index in [0.717, 1.165) is 24.2 Å². The number of ether oxygens (including phenoxy) is 2. The van der Waals surface area contributed by atoms with Gasteiger partial charge in [-0.05, 0) is 43.5 Å². The number of ketones is 1. The number of rotatable bonds is 4. The molecule has 1 aliphatic heterocycles. The molecule has 2 rings (SSSR count). The Labute approximate surface area is 107 Å². The zero-order valence-electron chi connectivity index (χ0n) is 10.8. The van der Waals surface area contributed by atoms with Crippen LogP contribution in [0.15, 0.2) is 18.2 Å². The summed E-state index contributed by atoms with van der Waals surface area (Å²) >= 11 is 0. The van der Waals surface area contributed by atoms with Crippen LogP contribution < -0.4 is 10.5 Å². The van der Waals surface area contributed by atoms with Crippen molar-refractivity contribution in [2.24, 2.45) is 5.73 Å². The van der Waals surface area contributed by atoms with Crippen molar-refractivity contribution in [3.05, 3.63) is 29.3 Å². The molecule has 1 aromatic carbocycles. The second kappa shape index (κ2) is 5.50. The lowest BCUT2D eigenvalue weighted by atomic mass is 9.99. The molecule has 0 aromatic heterocycles. The number of carbonyl (C=O) groups is 1. The number of hydrogen-bond donors (Lipinski definition) is 1. The molecule has 0 aliphatic carbocycles. The van der Waals surface area contributed by atoms with Crippen molar-refractivity contribution in [2.45, 2.75) is 32.0 Å². The van der Waals surface area contributed by atoms with E-state index in [2.05, 4.69) is 0 Å². The summed E-state index contributed by atoms with van der Waals surface area (Å²) in [4.78, 5) is 12.3. The first-order chi connectivity index (χ1) is 8.65. The second-order valence-corrected chi connectivity index (χ2v) is 4.60. The molecule has 0 saturated carbocycles. The van der Waals surface area contributed by atoms with Gasteiger partial charge in [0.05, 0.1) is 13.2 Å². The lowest BCUT2D eigenvalue weighted by molar-refractivity contribution is 0.0403. The third kappa shape index (κ3) is 2.54. The molecule has 0 bridgehead atoms. The second-order valence-electron chi connectivity index (χ2n) is 4.60. The van der Waals surface area contributed by atoms with Crippen LogP contribution in [0.25, 0.3) is 0 Å². The molecule has 4 nitrogen and oxygen atoms in total. The molecule has 0 amide bonds. The first-order valence-corrected chi connectivity index (χ1v) is 6.20. The summed E-state index contributed by atoms with van der Waals surface area (Å²) in [6.45, 7) is 2.39. The fourth-order valence-electron chi connectivity index (χ4n) is 2.28. The molecule has 1 heterocycles. The third-order valence-electron chi connectivity index (χ3n) is 3.36. The standard InChI is InChI=1S/C14H19NO3/c1-9-7-10(17-2)3-5-12(9)14(16)13-6-4-11(8-15)18-13/h3,5,7,11,13H,4,6,8,15H2,1-2H3. The van der Waals surface area contributed by atoms with E-state index in [9.17, 15) is 4.79 Å². The van der Waals surface area contributed by atoms with Gasteiger partial charge in [-0.3, -0.25) is 4.79 Å². The van der Waals surface area contributed by atoms with Crippen molar-refractivity contribution in [1.29, 1.82) is 0 Å². The number of nitrogens with two attached hydrogens (primary N) is 1. The summed E-state index contributed by atoms with van der Waals surface area (Å²) in [6, 6.07) is 5.47. The summed E-state index contributed by atoms with van der Waals surface area (Å²) < 4.78 is 10.8. The van der Waals surface area contributed by atoms with Gasteiger partial charge in [-0.25, -0.2) is 0 Å². The summed E-state index contributed by atoms with van der Waals surface area (Å²) in [6.07, 6.45) is 1.30. The number of Topliss-reactive ketones (excluding diaryl/α,β-unsaturated/α-hetero) is 1. The molecule has 1 aromatic rings. The minimum atomic E-state index is -0.342. The molecule has 1 aliphatic rings. The minimum absolute atomic E-state index is 0.0255. The van der Waals surface area contributed by atoms with Crippen LogP contribution in [0.3, 0.4) is 0 Å². The Balaban J connectivity index is 2.14. The molecule has 4 heteroatoms. The number of hydrogen-bond acceptors (Lipinski definition) is 4. The molecule has 0 radical (unpaired) electrons. The quantitative estimate of drug-likeness (QED) is 0.825. The first kappa shape index (κ1) is 13.1. The third-order valence-corrected chi connectivity index (χ3v) is 3.36. The number of aryl methyl sites for hydroxylation is 1. The van der Waals surface area contributed by atoms with Crippen LogP contribution in [0.5, 0.6) is 5.75 Å². The summed E-state index contributed by atoms with van der Waals surface area (Å²) in [5, 5.41) is 0. The van der Waals surface area contributed by atoms with E-state index in [4.69, 9.17) is 15.2 Å². The van der Waals surface area contributed by atoms with Crippen LogP contribution in [-0.4, -0.2) is 31.6 Å². The monoisotopic (exact) mass is 249 g/mol. The molecule has 2 atom stereocenters. The van der Waals surface area contributed by atoms with Crippen LogP contribution in [0, 0.1) is 6.92 Å². The maximum Gasteiger partial charge on any atom is 0.191 e. The highest BCUT2D eigenvalue weighted by atomic mass is 16.5. The lowest BCUT2D eigenvalue weighted by Crippen LogP contribution is -2.25. The highest BCUT2D eigenvalue weighted by molar-refractivity contribution is 6.01. The Morgan fingerprint density at radius 2 is 2.28 bits per heavy atom. The van der Waals surface area contributed by atoms with E-state index in [-0.39, 0.29) is 18.0 Å². The van der Waals surface area contributed by atoms with Crippen molar-refractivity contribution in [2.75, 3.05) is 13.7 Å². The number of methoxy groups -OCH3 is 1. The van der Waals surface area contributed by atoms with Crippen molar-refractivity contribution in [3.8, 4) is 5.75 Å². The topological polar surface area (TPSA) is 61.5 Å². The van der Waals surface area contributed by atoms with Gasteiger partial charge in [-0.15, -0.1) is 0 Å². The fraction of sp³-hybridized carbons (Fsp3) is 0.500. The molecular formula is C14H19NO3. The Hall–Kier alpha value is -1.39. The van der Waals surface area contributed by atoms with Gasteiger partial charge >= 0.3 is 0 Å². The summed E-state index contributed by atoms with van der Waals surface area (Å²) in [5.41, 5.74) is 7.17. The van der Waals surface area contributed by atoms with Crippen LogP contribution in [0.1, 0.15) is 28.8 Å².